The molecule has 10 heteroatoms. The minimum atomic E-state index is -0.651. The number of rotatable bonds is 7. The summed E-state index contributed by atoms with van der Waals surface area (Å²) in [5.74, 6) is -1.29. The quantitative estimate of drug-likeness (QED) is 0.380. The summed E-state index contributed by atoms with van der Waals surface area (Å²) < 4.78 is 10.4. The number of hydrogen-bond acceptors (Lipinski definition) is 6. The van der Waals surface area contributed by atoms with E-state index in [0.717, 1.165) is 11.3 Å². The third-order valence-electron chi connectivity index (χ3n) is 4.59. The molecule has 0 saturated heterocycles. The topological polar surface area (TPSA) is 93.7 Å². The first kappa shape index (κ1) is 24.6. The van der Waals surface area contributed by atoms with E-state index in [0.29, 0.717) is 27.0 Å². The highest BCUT2D eigenvalue weighted by molar-refractivity contribution is 7.19. The van der Waals surface area contributed by atoms with Gasteiger partial charge in [-0.15, -0.1) is 11.3 Å². The highest BCUT2D eigenvalue weighted by Gasteiger charge is 2.27. The lowest BCUT2D eigenvalue weighted by Crippen LogP contribution is -2.16. The Bertz CT molecular complexity index is 1230. The molecular weight excluding hydrogens is 487 g/mol. The highest BCUT2D eigenvalue weighted by atomic mass is 35.5. The molecule has 1 aromatic heterocycles. The van der Waals surface area contributed by atoms with E-state index < -0.39 is 17.8 Å². The molecule has 0 radical (unpaired) electrons. The van der Waals surface area contributed by atoms with E-state index in [1.54, 1.807) is 50.2 Å². The Balaban J connectivity index is 1.98. The van der Waals surface area contributed by atoms with Crippen molar-refractivity contribution < 1.29 is 23.9 Å². The lowest BCUT2D eigenvalue weighted by atomic mass is 10.1. The molecule has 0 bridgehead atoms. The number of halogens is 2. The molecule has 33 heavy (non-hydrogen) atoms. The third kappa shape index (κ3) is 5.47. The van der Waals surface area contributed by atoms with Gasteiger partial charge >= 0.3 is 5.97 Å². The number of thiophene rings is 1. The Morgan fingerprint density at radius 1 is 1.03 bits per heavy atom. The smallest absolute Gasteiger partial charge is 0.341 e. The Kier molecular flexibility index (Phi) is 7.97. The number of anilines is 2. The molecule has 2 amide bonds. The number of hydrogen-bond donors (Lipinski definition) is 2. The number of para-hydroxylation sites is 1. The minimum Gasteiger partial charge on any atom is -0.496 e. The molecule has 1 heterocycles. The molecular formula is C23H20Cl2N2O5S. The fraction of sp³-hybridized carbons (Fsp3) is 0.174. The maximum Gasteiger partial charge on any atom is 0.341 e. The molecule has 0 spiro atoms. The van der Waals surface area contributed by atoms with Gasteiger partial charge in [-0.3, -0.25) is 9.59 Å². The van der Waals surface area contributed by atoms with E-state index in [-0.39, 0.29) is 27.6 Å². The van der Waals surface area contributed by atoms with Gasteiger partial charge < -0.3 is 20.1 Å². The first-order valence-electron chi connectivity index (χ1n) is 9.78. The van der Waals surface area contributed by atoms with Crippen molar-refractivity contribution in [1.82, 2.24) is 0 Å². The summed E-state index contributed by atoms with van der Waals surface area (Å²) in [5, 5.41) is 6.29. The molecule has 0 aliphatic heterocycles. The molecule has 2 N–H and O–H groups in total. The van der Waals surface area contributed by atoms with Gasteiger partial charge in [-0.2, -0.15) is 0 Å². The Labute approximate surface area is 204 Å². The van der Waals surface area contributed by atoms with E-state index in [2.05, 4.69) is 10.6 Å². The van der Waals surface area contributed by atoms with Crippen LogP contribution in [0, 0.1) is 6.92 Å². The molecule has 2 aromatic carbocycles. The number of nitrogens with one attached hydrogen (secondary N) is 2. The van der Waals surface area contributed by atoms with Crippen molar-refractivity contribution in [2.24, 2.45) is 0 Å². The Hall–Kier alpha value is -3.07. The average molecular weight is 507 g/mol. The van der Waals surface area contributed by atoms with Gasteiger partial charge in [0, 0.05) is 5.02 Å². The number of benzene rings is 2. The fourth-order valence-electron chi connectivity index (χ4n) is 3.04. The molecule has 3 aromatic rings. The summed E-state index contributed by atoms with van der Waals surface area (Å²) >= 11 is 13.1. The normalized spacial score (nSPS) is 10.5. The van der Waals surface area contributed by atoms with E-state index in [1.807, 2.05) is 0 Å². The first-order valence-corrected chi connectivity index (χ1v) is 11.3. The predicted molar refractivity (Wildman–Crippen MR) is 130 cm³/mol. The van der Waals surface area contributed by atoms with Crippen molar-refractivity contribution in [3.63, 3.8) is 0 Å². The van der Waals surface area contributed by atoms with Gasteiger partial charge in [0.05, 0.1) is 40.4 Å². The van der Waals surface area contributed by atoms with Crippen LogP contribution < -0.4 is 15.4 Å². The van der Waals surface area contributed by atoms with Gasteiger partial charge in [-0.1, -0.05) is 35.3 Å². The Morgan fingerprint density at radius 3 is 2.45 bits per heavy atom. The number of amides is 2. The lowest BCUT2D eigenvalue weighted by Gasteiger charge is -2.09. The van der Waals surface area contributed by atoms with E-state index >= 15 is 0 Å². The molecule has 0 unspecified atom stereocenters. The number of ether oxygens (including phenoxy) is 2. The number of carbonyl (C=O) groups excluding carboxylic acids is 3. The molecule has 0 saturated carbocycles. The molecule has 172 valence electrons. The second kappa shape index (κ2) is 10.7. The number of carbonyl (C=O) groups is 3. The standard InChI is InChI=1S/C23H20Cl2N2O5S/c1-4-32-23(30)18-12(2)19(21(29)26-16-11-13(24)9-10-15(16)25)33-22(18)27-20(28)14-7-5-6-8-17(14)31-3/h5-11H,4H2,1-3H3,(H,26,29)(H,27,28). The average Bonchev–Trinajstić information content (AvgIpc) is 3.12. The SMILES string of the molecule is CCOC(=O)c1c(NC(=O)c2ccccc2OC)sc(C(=O)Nc2cc(Cl)ccc2Cl)c1C. The van der Waals surface area contributed by atoms with Crippen molar-refractivity contribution in [2.45, 2.75) is 13.8 Å². The van der Waals surface area contributed by atoms with Crippen LogP contribution >= 0.6 is 34.5 Å². The maximum absolute atomic E-state index is 13.0. The van der Waals surface area contributed by atoms with Gasteiger partial charge in [0.25, 0.3) is 11.8 Å². The predicted octanol–water partition coefficient (Wildman–Crippen LogP) is 6.05. The van der Waals surface area contributed by atoms with Crippen molar-refractivity contribution in [3.8, 4) is 5.75 Å². The summed E-state index contributed by atoms with van der Waals surface area (Å²) in [6, 6.07) is 11.3. The van der Waals surface area contributed by atoms with Gasteiger partial charge in [0.1, 0.15) is 10.8 Å². The van der Waals surface area contributed by atoms with Crippen molar-refractivity contribution >= 4 is 63.0 Å². The third-order valence-corrected chi connectivity index (χ3v) is 6.36. The lowest BCUT2D eigenvalue weighted by molar-refractivity contribution is 0.0527. The zero-order chi connectivity index (χ0) is 24.1. The van der Waals surface area contributed by atoms with Crippen LogP contribution in [0.1, 0.15) is 42.9 Å². The molecule has 7 nitrogen and oxygen atoms in total. The van der Waals surface area contributed by atoms with Gasteiger partial charge in [-0.05, 0) is 49.7 Å². The summed E-state index contributed by atoms with van der Waals surface area (Å²) in [5.41, 5.74) is 1.06. The van der Waals surface area contributed by atoms with E-state index in [9.17, 15) is 14.4 Å². The van der Waals surface area contributed by atoms with E-state index in [4.69, 9.17) is 32.7 Å². The monoisotopic (exact) mass is 506 g/mol. The van der Waals surface area contributed by atoms with Crippen LogP contribution in [-0.2, 0) is 4.74 Å². The Morgan fingerprint density at radius 2 is 1.76 bits per heavy atom. The van der Waals surface area contributed by atoms with Crippen molar-refractivity contribution in [2.75, 3.05) is 24.4 Å². The van der Waals surface area contributed by atoms with Crippen LogP contribution in [0.4, 0.5) is 10.7 Å². The summed E-state index contributed by atoms with van der Waals surface area (Å²) in [6.07, 6.45) is 0. The van der Waals surface area contributed by atoms with Crippen molar-refractivity contribution in [1.29, 1.82) is 0 Å². The van der Waals surface area contributed by atoms with Gasteiger partial charge in [-0.25, -0.2) is 4.79 Å². The van der Waals surface area contributed by atoms with E-state index in [1.165, 1.54) is 13.2 Å². The summed E-state index contributed by atoms with van der Waals surface area (Å²) in [7, 11) is 1.45. The van der Waals surface area contributed by atoms with Gasteiger partial charge in [0.15, 0.2) is 0 Å². The van der Waals surface area contributed by atoms with Crippen LogP contribution in [-0.4, -0.2) is 31.5 Å². The molecule has 0 aliphatic carbocycles. The maximum atomic E-state index is 13.0. The molecule has 0 atom stereocenters. The first-order chi connectivity index (χ1) is 15.8. The summed E-state index contributed by atoms with van der Waals surface area (Å²) in [4.78, 5) is 38.8. The van der Waals surface area contributed by atoms with Crippen LogP contribution in [0.15, 0.2) is 42.5 Å². The van der Waals surface area contributed by atoms with Crippen LogP contribution in [0.3, 0.4) is 0 Å². The molecule has 0 fully saturated rings. The minimum absolute atomic E-state index is 0.104. The van der Waals surface area contributed by atoms with Crippen LogP contribution in [0.2, 0.25) is 10.0 Å². The largest absolute Gasteiger partial charge is 0.496 e. The number of esters is 1. The van der Waals surface area contributed by atoms with Gasteiger partial charge in [0.2, 0.25) is 0 Å². The molecule has 3 rings (SSSR count). The fourth-order valence-corrected chi connectivity index (χ4v) is 4.46. The summed E-state index contributed by atoms with van der Waals surface area (Å²) in [6.45, 7) is 3.41. The zero-order valence-electron chi connectivity index (χ0n) is 18.0. The number of methoxy groups -OCH3 is 1. The second-order valence-electron chi connectivity index (χ2n) is 6.71. The van der Waals surface area contributed by atoms with Crippen molar-refractivity contribution in [3.05, 3.63) is 74.1 Å². The molecule has 0 aliphatic rings. The van der Waals surface area contributed by atoms with Crippen LogP contribution in [0.5, 0.6) is 5.75 Å². The zero-order valence-corrected chi connectivity index (χ0v) is 20.3. The second-order valence-corrected chi connectivity index (χ2v) is 8.58. The van der Waals surface area contributed by atoms with Crippen LogP contribution in [0.25, 0.3) is 0 Å². The highest BCUT2D eigenvalue weighted by Crippen LogP contribution is 2.36.